The maximum atomic E-state index is 13.1. The third-order valence-corrected chi connectivity index (χ3v) is 7.01. The van der Waals surface area contributed by atoms with Crippen molar-refractivity contribution >= 4 is 11.8 Å². The summed E-state index contributed by atoms with van der Waals surface area (Å²) in [6, 6.07) is 14.3. The van der Waals surface area contributed by atoms with Gasteiger partial charge in [0.05, 0.1) is 19.8 Å². The molecule has 1 heterocycles. The summed E-state index contributed by atoms with van der Waals surface area (Å²) in [7, 11) is 2.89. The van der Waals surface area contributed by atoms with Gasteiger partial charge >= 0.3 is 0 Å². The number of hydrogen-bond donors (Lipinski definition) is 5. The molecule has 2 aromatic rings. The van der Waals surface area contributed by atoms with Gasteiger partial charge in [-0.05, 0) is 62.2 Å². The topological polar surface area (TPSA) is 150 Å². The lowest BCUT2D eigenvalue weighted by Gasteiger charge is -2.38. The Kier molecular flexibility index (Phi) is 12.2. The van der Waals surface area contributed by atoms with Crippen LogP contribution in [0.25, 0.3) is 0 Å². The van der Waals surface area contributed by atoms with E-state index in [4.69, 9.17) is 24.5 Å². The van der Waals surface area contributed by atoms with Crippen LogP contribution in [-0.4, -0.2) is 83.9 Å². The van der Waals surface area contributed by atoms with E-state index >= 15 is 0 Å². The number of ether oxygens (including phenoxy) is 2. The lowest BCUT2D eigenvalue weighted by atomic mass is 9.96. The minimum atomic E-state index is -1.80. The Morgan fingerprint density at radius 2 is 1.66 bits per heavy atom. The molecule has 2 amide bonds. The van der Waals surface area contributed by atoms with E-state index < -0.39 is 36.0 Å². The molecule has 0 radical (unpaired) electrons. The van der Waals surface area contributed by atoms with E-state index in [9.17, 15) is 14.7 Å². The van der Waals surface area contributed by atoms with E-state index in [-0.39, 0.29) is 19.8 Å². The lowest BCUT2D eigenvalue weighted by molar-refractivity contribution is -0.207. The maximum Gasteiger partial charge on any atom is 0.273 e. The molecule has 41 heavy (non-hydrogen) atoms. The number of likely N-dealkylation sites (N-methyl/N-ethyl adjacent to an activating group) is 2. The number of benzene rings is 2. The van der Waals surface area contributed by atoms with Crippen molar-refractivity contribution in [3.8, 4) is 11.8 Å². The van der Waals surface area contributed by atoms with Crippen LogP contribution in [0.1, 0.15) is 54.7 Å². The smallest absolute Gasteiger partial charge is 0.273 e. The standard InChI is InChI=1S/C30H39N3O8/c1-30(28(37)31-2,29(38)32-41-26-6-4-5-17-39-26)33(3)27(36)24-15-13-22(14-16-24)8-7-21-9-11-23(12-10-21)20-40-25(18-34)19-35/h9-16,25-27,34-36H,4-6,17-20H2,1-3H3,(H,31,37)(H,32,38). The molecular formula is C30H39N3O8. The largest absolute Gasteiger partial charge is 0.394 e. The van der Waals surface area contributed by atoms with E-state index in [1.165, 1.54) is 25.9 Å². The quantitative estimate of drug-likeness (QED) is 0.109. The highest BCUT2D eigenvalue weighted by Crippen LogP contribution is 2.26. The normalized spacial score (nSPS) is 17.3. The van der Waals surface area contributed by atoms with Crippen LogP contribution in [0.4, 0.5) is 0 Å². The third kappa shape index (κ3) is 8.58. The van der Waals surface area contributed by atoms with Crippen molar-refractivity contribution < 1.29 is 39.2 Å². The molecule has 1 aliphatic heterocycles. The molecule has 11 heteroatoms. The number of rotatable bonds is 12. The van der Waals surface area contributed by atoms with Crippen molar-refractivity contribution in [2.45, 2.75) is 57.0 Å². The SMILES string of the molecule is CNC(=O)C(C)(C(=O)NOC1CCCCO1)N(C)C(O)c1ccc(C#Cc2ccc(COC(CO)CO)cc2)cc1. The average Bonchev–Trinajstić information content (AvgIpc) is 3.02. The third-order valence-electron chi connectivity index (χ3n) is 7.01. The van der Waals surface area contributed by atoms with E-state index in [0.717, 1.165) is 24.0 Å². The molecule has 1 saturated heterocycles. The second-order valence-corrected chi connectivity index (χ2v) is 9.85. The summed E-state index contributed by atoms with van der Waals surface area (Å²) < 4.78 is 10.9. The van der Waals surface area contributed by atoms with Crippen LogP contribution in [0.15, 0.2) is 48.5 Å². The Balaban J connectivity index is 1.65. The summed E-state index contributed by atoms with van der Waals surface area (Å²) in [4.78, 5) is 32.6. The molecule has 2 aromatic carbocycles. The predicted octanol–water partition coefficient (Wildman–Crippen LogP) is 0.958. The fourth-order valence-electron chi connectivity index (χ4n) is 4.10. The van der Waals surface area contributed by atoms with Gasteiger partial charge in [-0.1, -0.05) is 36.1 Å². The number of carbonyl (C=O) groups excluding carboxylic acids is 2. The zero-order valence-electron chi connectivity index (χ0n) is 23.6. The Labute approximate surface area is 240 Å². The number of nitrogens with one attached hydrogen (secondary N) is 2. The summed E-state index contributed by atoms with van der Waals surface area (Å²) >= 11 is 0. The Hall–Kier alpha value is -3.34. The summed E-state index contributed by atoms with van der Waals surface area (Å²) in [5.74, 6) is 4.78. The van der Waals surface area contributed by atoms with Crippen LogP contribution in [0.2, 0.25) is 0 Å². The zero-order chi connectivity index (χ0) is 29.8. The van der Waals surface area contributed by atoms with Crippen molar-refractivity contribution in [2.24, 2.45) is 0 Å². The van der Waals surface area contributed by atoms with Crippen molar-refractivity contribution in [3.05, 3.63) is 70.8 Å². The fourth-order valence-corrected chi connectivity index (χ4v) is 4.10. The van der Waals surface area contributed by atoms with Gasteiger partial charge in [0.15, 0.2) is 11.8 Å². The average molecular weight is 570 g/mol. The van der Waals surface area contributed by atoms with E-state index in [1.807, 2.05) is 24.3 Å². The second kappa shape index (κ2) is 15.6. The molecule has 3 unspecified atom stereocenters. The maximum absolute atomic E-state index is 13.1. The van der Waals surface area contributed by atoms with Gasteiger partial charge in [-0.25, -0.2) is 10.3 Å². The minimum Gasteiger partial charge on any atom is -0.394 e. The van der Waals surface area contributed by atoms with Crippen LogP contribution in [0, 0.1) is 11.8 Å². The highest BCUT2D eigenvalue weighted by molar-refractivity contribution is 6.08. The number of hydroxylamine groups is 1. The van der Waals surface area contributed by atoms with Gasteiger partial charge in [0, 0.05) is 31.2 Å². The number of amides is 2. The first-order chi connectivity index (χ1) is 19.7. The molecule has 5 N–H and O–H groups in total. The molecule has 3 rings (SSSR count). The molecule has 0 aromatic heterocycles. The monoisotopic (exact) mass is 569 g/mol. The van der Waals surface area contributed by atoms with Crippen LogP contribution in [0.5, 0.6) is 0 Å². The van der Waals surface area contributed by atoms with Gasteiger partial charge in [-0.3, -0.25) is 14.5 Å². The van der Waals surface area contributed by atoms with Gasteiger partial charge in [0.2, 0.25) is 5.91 Å². The molecule has 1 fully saturated rings. The number of aliphatic hydroxyl groups is 3. The molecule has 222 valence electrons. The number of hydrogen-bond acceptors (Lipinski definition) is 9. The number of nitrogens with zero attached hydrogens (tertiary/aromatic N) is 1. The van der Waals surface area contributed by atoms with Crippen LogP contribution < -0.4 is 10.8 Å². The van der Waals surface area contributed by atoms with Gasteiger partial charge in [0.1, 0.15) is 12.3 Å². The molecule has 3 atom stereocenters. The molecule has 0 spiro atoms. The Morgan fingerprint density at radius 1 is 1.05 bits per heavy atom. The van der Waals surface area contributed by atoms with Crippen molar-refractivity contribution in [2.75, 3.05) is 33.9 Å². The summed E-state index contributed by atoms with van der Waals surface area (Å²) in [5.41, 5.74) is 3.38. The van der Waals surface area contributed by atoms with E-state index in [1.54, 1.807) is 24.3 Å². The molecule has 0 saturated carbocycles. The summed E-state index contributed by atoms with van der Waals surface area (Å²) in [6.45, 7) is 1.71. The van der Waals surface area contributed by atoms with E-state index in [2.05, 4.69) is 22.6 Å². The van der Waals surface area contributed by atoms with Gasteiger partial charge in [-0.2, -0.15) is 0 Å². The van der Waals surface area contributed by atoms with Crippen molar-refractivity contribution in [1.29, 1.82) is 0 Å². The lowest BCUT2D eigenvalue weighted by Crippen LogP contribution is -2.64. The van der Waals surface area contributed by atoms with Gasteiger partial charge < -0.3 is 30.1 Å². The highest BCUT2D eigenvalue weighted by Gasteiger charge is 2.47. The van der Waals surface area contributed by atoms with Crippen LogP contribution in [-0.2, 0) is 30.5 Å². The van der Waals surface area contributed by atoms with Crippen LogP contribution >= 0.6 is 0 Å². The molecule has 0 bridgehead atoms. The predicted molar refractivity (Wildman–Crippen MR) is 150 cm³/mol. The Morgan fingerprint density at radius 3 is 2.20 bits per heavy atom. The fraction of sp³-hybridized carbons (Fsp3) is 0.467. The minimum absolute atomic E-state index is 0.250. The zero-order valence-corrected chi connectivity index (χ0v) is 23.6. The first-order valence-corrected chi connectivity index (χ1v) is 13.5. The first kappa shape index (κ1) is 32.2. The highest BCUT2D eigenvalue weighted by atomic mass is 16.8. The van der Waals surface area contributed by atoms with Crippen molar-refractivity contribution in [3.63, 3.8) is 0 Å². The van der Waals surface area contributed by atoms with E-state index in [0.29, 0.717) is 24.2 Å². The molecule has 1 aliphatic rings. The first-order valence-electron chi connectivity index (χ1n) is 13.5. The Bertz CT molecular complexity index is 1180. The van der Waals surface area contributed by atoms with Crippen molar-refractivity contribution in [1.82, 2.24) is 15.7 Å². The van der Waals surface area contributed by atoms with Crippen LogP contribution in [0.3, 0.4) is 0 Å². The summed E-state index contributed by atoms with van der Waals surface area (Å²) in [5, 5.41) is 31.8. The second-order valence-electron chi connectivity index (χ2n) is 9.85. The number of carbonyl (C=O) groups is 2. The molecule has 0 aliphatic carbocycles. The molecular weight excluding hydrogens is 530 g/mol. The number of aliphatic hydroxyl groups excluding tert-OH is 3. The summed E-state index contributed by atoms with van der Waals surface area (Å²) in [6.07, 6.45) is -0.0302. The van der Waals surface area contributed by atoms with Gasteiger partial charge in [-0.15, -0.1) is 0 Å². The van der Waals surface area contributed by atoms with Gasteiger partial charge in [0.25, 0.3) is 5.91 Å². The molecule has 11 nitrogen and oxygen atoms in total.